The molecular weight excluding hydrogens is 458 g/mol. The first-order valence-corrected chi connectivity index (χ1v) is 16.4. The molecule has 0 atom stereocenters. The van der Waals surface area contributed by atoms with Gasteiger partial charge in [0.05, 0.1) is 37.4 Å². The van der Waals surface area contributed by atoms with Gasteiger partial charge in [-0.15, -0.1) is 0 Å². The fraction of sp³-hybridized carbons (Fsp3) is 0.500. The van der Waals surface area contributed by atoms with Gasteiger partial charge < -0.3 is 15.3 Å². The van der Waals surface area contributed by atoms with Gasteiger partial charge in [0, 0.05) is 25.2 Å². The van der Waals surface area contributed by atoms with Crippen LogP contribution in [0.2, 0.25) is 25.2 Å². The highest BCUT2D eigenvalue weighted by Gasteiger charge is 2.30. The van der Waals surface area contributed by atoms with Crippen molar-refractivity contribution >= 4 is 41.2 Å². The quantitative estimate of drug-likeness (QED) is 0.487. The highest BCUT2D eigenvalue weighted by molar-refractivity contribution is 7.92. The van der Waals surface area contributed by atoms with Gasteiger partial charge in [-0.1, -0.05) is 13.1 Å². The zero-order valence-corrected chi connectivity index (χ0v) is 20.9. The molecule has 2 fully saturated rings. The maximum absolute atomic E-state index is 13.2. The molecule has 2 aromatic rings. The molecule has 1 amide bonds. The van der Waals surface area contributed by atoms with Crippen LogP contribution in [0, 0.1) is 0 Å². The number of nitrogens with one attached hydrogen (secondary N) is 2. The summed E-state index contributed by atoms with van der Waals surface area (Å²) in [6, 6.07) is 8.80. The number of amides is 1. The van der Waals surface area contributed by atoms with Crippen molar-refractivity contribution in [2.75, 3.05) is 40.4 Å². The van der Waals surface area contributed by atoms with Gasteiger partial charge in [0.2, 0.25) is 10.0 Å². The van der Waals surface area contributed by atoms with Gasteiger partial charge in [-0.3, -0.25) is 9.52 Å². The molecule has 1 aliphatic heterocycles. The molecule has 9 nitrogen and oxygen atoms in total. The number of hydrogen-bond donors (Lipinski definition) is 3. The van der Waals surface area contributed by atoms with Crippen molar-refractivity contribution in [3.05, 3.63) is 41.9 Å². The summed E-state index contributed by atoms with van der Waals surface area (Å²) in [4.78, 5) is 24.2. The fourth-order valence-electron chi connectivity index (χ4n) is 3.92. The Morgan fingerprint density at radius 2 is 1.94 bits per heavy atom. The van der Waals surface area contributed by atoms with Gasteiger partial charge in [0.1, 0.15) is 11.6 Å². The van der Waals surface area contributed by atoms with Crippen LogP contribution >= 0.6 is 0 Å². The molecule has 1 aromatic carbocycles. The van der Waals surface area contributed by atoms with Crippen LogP contribution < -0.4 is 14.9 Å². The van der Waals surface area contributed by atoms with Crippen LogP contribution in [0.15, 0.2) is 30.5 Å². The van der Waals surface area contributed by atoms with E-state index in [0.717, 1.165) is 43.8 Å². The number of carbonyl (C=O) groups excluding carboxylic acids is 1. The Balaban J connectivity index is 1.61. The van der Waals surface area contributed by atoms with Crippen LogP contribution in [0.3, 0.4) is 0 Å². The largest absolute Gasteiger partial charge is 0.395 e. The molecule has 1 saturated carbocycles. The number of carbonyl (C=O) groups is 1. The molecule has 3 N–H and O–H groups in total. The van der Waals surface area contributed by atoms with E-state index in [9.17, 15) is 13.2 Å². The van der Waals surface area contributed by atoms with Crippen LogP contribution in [-0.2, 0) is 10.0 Å². The second-order valence-electron chi connectivity index (χ2n) is 9.56. The standard InChI is InChI=1S/C22H31N5O4SSi/c1-33(2)13-9-27(10-14-33)19-15-17(26-32(30,31)12-11-28)5-6-18(19)22(29)25-20-7-8-23-21(24-20)16-3-4-16/h5-8,15-16,26,28H,3-4,9-14H2,1-2H3,(H,23,24,25,29). The monoisotopic (exact) mass is 489 g/mol. The van der Waals surface area contributed by atoms with E-state index in [1.54, 1.807) is 30.5 Å². The van der Waals surface area contributed by atoms with E-state index in [4.69, 9.17) is 5.11 Å². The SMILES string of the molecule is C[Si]1(C)CCN(c2cc(NS(=O)(=O)CCO)ccc2C(=O)Nc2ccnc(C3CC3)n2)CC1. The van der Waals surface area contributed by atoms with E-state index in [1.807, 2.05) is 0 Å². The molecule has 1 saturated heterocycles. The topological polar surface area (TPSA) is 125 Å². The molecule has 33 heavy (non-hydrogen) atoms. The number of benzene rings is 1. The van der Waals surface area contributed by atoms with Crippen LogP contribution in [0.5, 0.6) is 0 Å². The molecule has 178 valence electrons. The first-order valence-electron chi connectivity index (χ1n) is 11.3. The van der Waals surface area contributed by atoms with Gasteiger partial charge in [-0.05, 0) is 49.2 Å². The predicted molar refractivity (Wildman–Crippen MR) is 132 cm³/mol. The molecule has 0 bridgehead atoms. The van der Waals surface area contributed by atoms with Gasteiger partial charge in [0.25, 0.3) is 5.91 Å². The summed E-state index contributed by atoms with van der Waals surface area (Å²) in [6.07, 6.45) is 3.81. The first-order chi connectivity index (χ1) is 15.7. The zero-order valence-electron chi connectivity index (χ0n) is 19.0. The molecule has 4 rings (SSSR count). The molecular formula is C22H31N5O4SSi. The highest BCUT2D eigenvalue weighted by atomic mass is 32.2. The Bertz CT molecular complexity index is 1130. The molecule has 0 unspecified atom stereocenters. The minimum Gasteiger partial charge on any atom is -0.395 e. The maximum atomic E-state index is 13.2. The summed E-state index contributed by atoms with van der Waals surface area (Å²) in [5.74, 6) is 0.917. The summed E-state index contributed by atoms with van der Waals surface area (Å²) in [7, 11) is -4.91. The third-order valence-electron chi connectivity index (χ3n) is 6.19. The van der Waals surface area contributed by atoms with E-state index in [0.29, 0.717) is 28.7 Å². The number of aliphatic hydroxyl groups is 1. The van der Waals surface area contributed by atoms with Crippen LogP contribution in [0.4, 0.5) is 17.2 Å². The van der Waals surface area contributed by atoms with Crippen molar-refractivity contribution < 1.29 is 18.3 Å². The molecule has 11 heteroatoms. The Morgan fingerprint density at radius 1 is 1.21 bits per heavy atom. The van der Waals surface area contributed by atoms with Gasteiger partial charge in [-0.25, -0.2) is 18.4 Å². The maximum Gasteiger partial charge on any atom is 0.258 e. The van der Waals surface area contributed by atoms with E-state index in [2.05, 4.69) is 38.0 Å². The minimum atomic E-state index is -3.67. The summed E-state index contributed by atoms with van der Waals surface area (Å²) >= 11 is 0. The average molecular weight is 490 g/mol. The van der Waals surface area contributed by atoms with Gasteiger partial charge >= 0.3 is 0 Å². The summed E-state index contributed by atoms with van der Waals surface area (Å²) in [6.45, 7) is 5.92. The third-order valence-corrected chi connectivity index (χ3v) is 10.6. The van der Waals surface area contributed by atoms with Crippen LogP contribution in [-0.4, -0.2) is 62.9 Å². The van der Waals surface area contributed by atoms with Crippen molar-refractivity contribution in [3.63, 3.8) is 0 Å². The van der Waals surface area contributed by atoms with Crippen LogP contribution in [0.1, 0.15) is 34.9 Å². The van der Waals surface area contributed by atoms with Crippen molar-refractivity contribution in [2.45, 2.75) is 43.9 Å². The second-order valence-corrected chi connectivity index (χ2v) is 16.7. The lowest BCUT2D eigenvalue weighted by Gasteiger charge is -2.38. The van der Waals surface area contributed by atoms with E-state index in [-0.39, 0.29) is 11.7 Å². The smallest absolute Gasteiger partial charge is 0.258 e. The molecule has 0 radical (unpaired) electrons. The fourth-order valence-corrected chi connectivity index (χ4v) is 6.75. The van der Waals surface area contributed by atoms with Gasteiger partial charge in [0.15, 0.2) is 0 Å². The number of anilines is 3. The van der Waals surface area contributed by atoms with E-state index in [1.165, 1.54) is 0 Å². The summed E-state index contributed by atoms with van der Waals surface area (Å²) in [5.41, 5.74) is 1.53. The van der Waals surface area contributed by atoms with Crippen molar-refractivity contribution in [3.8, 4) is 0 Å². The predicted octanol–water partition coefficient (Wildman–Crippen LogP) is 2.87. The Morgan fingerprint density at radius 3 is 2.61 bits per heavy atom. The Kier molecular flexibility index (Phi) is 6.73. The number of sulfonamides is 1. The molecule has 2 heterocycles. The normalized spacial score (nSPS) is 18.1. The summed E-state index contributed by atoms with van der Waals surface area (Å²) < 4.78 is 26.8. The molecule has 1 aromatic heterocycles. The number of aromatic nitrogens is 2. The number of aliphatic hydroxyl groups excluding tert-OH is 1. The van der Waals surface area contributed by atoms with Gasteiger partial charge in [-0.2, -0.15) is 0 Å². The molecule has 0 spiro atoms. The molecule has 1 aliphatic carbocycles. The van der Waals surface area contributed by atoms with Crippen molar-refractivity contribution in [2.24, 2.45) is 0 Å². The zero-order chi connectivity index (χ0) is 23.6. The average Bonchev–Trinajstić information content (AvgIpc) is 3.59. The highest BCUT2D eigenvalue weighted by Crippen LogP contribution is 2.38. The van der Waals surface area contributed by atoms with E-state index < -0.39 is 24.7 Å². The second kappa shape index (κ2) is 9.39. The third kappa shape index (κ3) is 6.09. The number of hydrogen-bond acceptors (Lipinski definition) is 7. The lowest BCUT2D eigenvalue weighted by Crippen LogP contribution is -2.43. The van der Waals surface area contributed by atoms with Crippen LogP contribution in [0.25, 0.3) is 0 Å². The lowest BCUT2D eigenvalue weighted by molar-refractivity contribution is 0.102. The first kappa shape index (κ1) is 23.6. The number of nitrogens with zero attached hydrogens (tertiary/aromatic N) is 3. The minimum absolute atomic E-state index is 0.294. The lowest BCUT2D eigenvalue weighted by atomic mass is 10.1. The number of rotatable bonds is 8. The van der Waals surface area contributed by atoms with Crippen molar-refractivity contribution in [1.29, 1.82) is 0 Å². The molecule has 2 aliphatic rings. The summed E-state index contributed by atoms with van der Waals surface area (Å²) in [5, 5.41) is 11.9. The van der Waals surface area contributed by atoms with Crippen molar-refractivity contribution in [1.82, 2.24) is 9.97 Å². The Hall–Kier alpha value is -2.50. The van der Waals surface area contributed by atoms with E-state index >= 15 is 0 Å². The Labute approximate surface area is 195 Å².